The van der Waals surface area contributed by atoms with Crippen LogP contribution in [0.1, 0.15) is 22.3 Å². The third-order valence-electron chi connectivity index (χ3n) is 4.22. The predicted octanol–water partition coefficient (Wildman–Crippen LogP) is 5.35. The summed E-state index contributed by atoms with van der Waals surface area (Å²) in [7, 11) is 0. The Morgan fingerprint density at radius 3 is 1.29 bits per heavy atom. The SMILES string of the molecule is O=C1/C(=C\c2ccccc2)c2ccccc2/C1=C\c1ccccc1. The Hall–Kier alpha value is -3.19. The Kier molecular flexibility index (Phi) is 3.68. The molecule has 1 aliphatic carbocycles. The molecule has 0 unspecified atom stereocenters. The summed E-state index contributed by atoms with van der Waals surface area (Å²) in [5, 5.41) is 0. The van der Waals surface area contributed by atoms with Crippen molar-refractivity contribution in [1.82, 2.24) is 0 Å². The van der Waals surface area contributed by atoms with E-state index in [4.69, 9.17) is 0 Å². The number of Topliss-reactive ketones (excluding diaryl/α,β-unsaturated/α-hetero) is 1. The molecule has 0 saturated carbocycles. The normalized spacial score (nSPS) is 16.6. The van der Waals surface area contributed by atoms with Crippen molar-refractivity contribution >= 4 is 29.1 Å². The van der Waals surface area contributed by atoms with E-state index in [0.717, 1.165) is 33.4 Å². The average molecular weight is 308 g/mol. The van der Waals surface area contributed by atoms with Crippen molar-refractivity contribution in [2.45, 2.75) is 0 Å². The van der Waals surface area contributed by atoms with Gasteiger partial charge in [-0.3, -0.25) is 4.79 Å². The van der Waals surface area contributed by atoms with E-state index in [1.54, 1.807) is 0 Å². The highest BCUT2D eigenvalue weighted by molar-refractivity contribution is 6.51. The Morgan fingerprint density at radius 2 is 0.875 bits per heavy atom. The van der Waals surface area contributed by atoms with Crippen LogP contribution < -0.4 is 0 Å². The molecule has 114 valence electrons. The van der Waals surface area contributed by atoms with Gasteiger partial charge < -0.3 is 0 Å². The van der Waals surface area contributed by atoms with Gasteiger partial charge in [-0.15, -0.1) is 0 Å². The van der Waals surface area contributed by atoms with Crippen LogP contribution >= 0.6 is 0 Å². The van der Waals surface area contributed by atoms with Crippen LogP contribution in [0.5, 0.6) is 0 Å². The van der Waals surface area contributed by atoms with E-state index in [9.17, 15) is 4.79 Å². The van der Waals surface area contributed by atoms with Crippen molar-refractivity contribution in [3.05, 3.63) is 107 Å². The van der Waals surface area contributed by atoms with Crippen molar-refractivity contribution in [1.29, 1.82) is 0 Å². The second kappa shape index (κ2) is 6.13. The minimum atomic E-state index is 0.0870. The molecule has 24 heavy (non-hydrogen) atoms. The van der Waals surface area contributed by atoms with Gasteiger partial charge in [-0.25, -0.2) is 0 Å². The molecule has 0 amide bonds. The third kappa shape index (κ3) is 2.61. The van der Waals surface area contributed by atoms with Crippen LogP contribution in [0.15, 0.2) is 84.9 Å². The van der Waals surface area contributed by atoms with Gasteiger partial charge >= 0.3 is 0 Å². The first-order valence-corrected chi connectivity index (χ1v) is 8.01. The van der Waals surface area contributed by atoms with Crippen LogP contribution in [0.4, 0.5) is 0 Å². The van der Waals surface area contributed by atoms with Crippen molar-refractivity contribution in [3.63, 3.8) is 0 Å². The highest BCUT2D eigenvalue weighted by Gasteiger charge is 2.29. The number of fused-ring (bicyclic) bond motifs is 1. The van der Waals surface area contributed by atoms with Crippen molar-refractivity contribution in [2.75, 3.05) is 0 Å². The summed E-state index contributed by atoms with van der Waals surface area (Å²) in [5.74, 6) is 0.0870. The Bertz CT molecular complexity index is 869. The molecule has 0 N–H and O–H groups in total. The van der Waals surface area contributed by atoms with E-state index in [-0.39, 0.29) is 5.78 Å². The van der Waals surface area contributed by atoms with Gasteiger partial charge in [-0.2, -0.15) is 0 Å². The monoisotopic (exact) mass is 308 g/mol. The van der Waals surface area contributed by atoms with Crippen LogP contribution in [0.2, 0.25) is 0 Å². The zero-order valence-electron chi connectivity index (χ0n) is 13.1. The number of rotatable bonds is 2. The molecule has 0 heterocycles. The number of hydrogen-bond acceptors (Lipinski definition) is 1. The lowest BCUT2D eigenvalue weighted by Crippen LogP contribution is -1.94. The quantitative estimate of drug-likeness (QED) is 0.583. The van der Waals surface area contributed by atoms with E-state index in [1.807, 2.05) is 97.1 Å². The Balaban J connectivity index is 1.86. The molecule has 0 saturated heterocycles. The molecule has 0 aromatic heterocycles. The summed E-state index contributed by atoms with van der Waals surface area (Å²) in [6.45, 7) is 0. The Labute approximate surface area is 141 Å². The summed E-state index contributed by atoms with van der Waals surface area (Å²) < 4.78 is 0. The van der Waals surface area contributed by atoms with Crippen LogP contribution in [0.3, 0.4) is 0 Å². The van der Waals surface area contributed by atoms with E-state index < -0.39 is 0 Å². The molecule has 1 heteroatoms. The number of benzene rings is 3. The highest BCUT2D eigenvalue weighted by Crippen LogP contribution is 2.39. The fourth-order valence-corrected chi connectivity index (χ4v) is 3.06. The number of hydrogen-bond donors (Lipinski definition) is 0. The lowest BCUT2D eigenvalue weighted by atomic mass is 10.0. The van der Waals surface area contributed by atoms with Gasteiger partial charge in [-0.05, 0) is 34.4 Å². The zero-order chi connectivity index (χ0) is 16.4. The van der Waals surface area contributed by atoms with Crippen LogP contribution in [-0.4, -0.2) is 5.78 Å². The summed E-state index contributed by atoms with van der Waals surface area (Å²) >= 11 is 0. The molecule has 0 radical (unpaired) electrons. The molecule has 3 aromatic carbocycles. The van der Waals surface area contributed by atoms with Gasteiger partial charge in [0.15, 0.2) is 5.78 Å². The lowest BCUT2D eigenvalue weighted by Gasteiger charge is -1.99. The molecule has 0 bridgehead atoms. The smallest absolute Gasteiger partial charge is 0.194 e. The average Bonchev–Trinajstić information content (AvgIpc) is 2.90. The molecule has 1 aliphatic rings. The number of carbonyl (C=O) groups excluding carboxylic acids is 1. The second-order valence-electron chi connectivity index (χ2n) is 5.81. The zero-order valence-corrected chi connectivity index (χ0v) is 13.1. The largest absolute Gasteiger partial charge is 0.289 e. The van der Waals surface area contributed by atoms with Gasteiger partial charge in [0.2, 0.25) is 0 Å². The van der Waals surface area contributed by atoms with E-state index in [2.05, 4.69) is 0 Å². The minimum absolute atomic E-state index is 0.0870. The number of allylic oxidation sites excluding steroid dienone is 2. The Morgan fingerprint density at radius 1 is 0.500 bits per heavy atom. The number of carbonyl (C=O) groups is 1. The maximum Gasteiger partial charge on any atom is 0.194 e. The van der Waals surface area contributed by atoms with Crippen LogP contribution in [0.25, 0.3) is 23.3 Å². The molecule has 1 nitrogen and oxygen atoms in total. The molecule has 0 aliphatic heterocycles. The lowest BCUT2D eigenvalue weighted by molar-refractivity contribution is -0.108. The fraction of sp³-hybridized carbons (Fsp3) is 0. The predicted molar refractivity (Wildman–Crippen MR) is 100 cm³/mol. The standard InChI is InChI=1S/C23H16O/c24-23-21(15-17-9-3-1-4-10-17)19-13-7-8-14-20(19)22(23)16-18-11-5-2-6-12-18/h1-16H/b21-15-,22-16+. The fourth-order valence-electron chi connectivity index (χ4n) is 3.06. The maximum atomic E-state index is 13.0. The summed E-state index contributed by atoms with van der Waals surface area (Å²) in [4.78, 5) is 13.0. The first kappa shape index (κ1) is 14.4. The van der Waals surface area contributed by atoms with Crippen molar-refractivity contribution < 1.29 is 4.79 Å². The molecule has 0 atom stereocenters. The first-order valence-electron chi connectivity index (χ1n) is 8.01. The summed E-state index contributed by atoms with van der Waals surface area (Å²) in [6, 6.07) is 28.0. The van der Waals surface area contributed by atoms with Gasteiger partial charge in [0.25, 0.3) is 0 Å². The second-order valence-corrected chi connectivity index (χ2v) is 5.81. The van der Waals surface area contributed by atoms with Gasteiger partial charge in [0.05, 0.1) is 0 Å². The molecular formula is C23H16O. The van der Waals surface area contributed by atoms with Gasteiger partial charge in [-0.1, -0.05) is 84.9 Å². The molecule has 0 fully saturated rings. The van der Waals surface area contributed by atoms with Gasteiger partial charge in [0, 0.05) is 11.1 Å². The molecule has 4 rings (SSSR count). The van der Waals surface area contributed by atoms with Crippen LogP contribution in [0, 0.1) is 0 Å². The van der Waals surface area contributed by atoms with Crippen molar-refractivity contribution in [2.24, 2.45) is 0 Å². The van der Waals surface area contributed by atoms with Gasteiger partial charge in [0.1, 0.15) is 0 Å². The topological polar surface area (TPSA) is 17.1 Å². The van der Waals surface area contributed by atoms with E-state index in [1.165, 1.54) is 0 Å². The number of ketones is 1. The highest BCUT2D eigenvalue weighted by atomic mass is 16.1. The van der Waals surface area contributed by atoms with Crippen molar-refractivity contribution in [3.8, 4) is 0 Å². The molecule has 3 aromatic rings. The van der Waals surface area contributed by atoms with E-state index >= 15 is 0 Å². The molecular weight excluding hydrogens is 292 g/mol. The van der Waals surface area contributed by atoms with E-state index in [0.29, 0.717) is 0 Å². The third-order valence-corrected chi connectivity index (χ3v) is 4.22. The maximum absolute atomic E-state index is 13.0. The minimum Gasteiger partial charge on any atom is -0.289 e. The van der Waals surface area contributed by atoms with Crippen LogP contribution in [-0.2, 0) is 4.79 Å². The summed E-state index contributed by atoms with van der Waals surface area (Å²) in [5.41, 5.74) is 5.62. The first-order chi connectivity index (χ1) is 11.8. The summed E-state index contributed by atoms with van der Waals surface area (Å²) in [6.07, 6.45) is 3.96. The molecule has 0 spiro atoms.